The highest BCUT2D eigenvalue weighted by Crippen LogP contribution is 2.05. The summed E-state index contributed by atoms with van der Waals surface area (Å²) in [7, 11) is -3.04. The van der Waals surface area contributed by atoms with Crippen molar-refractivity contribution in [3.8, 4) is 6.07 Å². The van der Waals surface area contributed by atoms with Gasteiger partial charge in [-0.15, -0.1) is 0 Å². The van der Waals surface area contributed by atoms with Crippen LogP contribution in [-0.2, 0) is 16.3 Å². The highest BCUT2D eigenvalue weighted by Gasteiger charge is 2.09. The molecule has 0 amide bonds. The first kappa shape index (κ1) is 12.7. The number of hydrogen-bond donors (Lipinski definition) is 0. The molecule has 0 aliphatic rings. The minimum absolute atomic E-state index is 0.0156. The molecule has 16 heavy (non-hydrogen) atoms. The lowest BCUT2D eigenvalue weighted by atomic mass is 10.1. The monoisotopic (exact) mass is 237 g/mol. The fourth-order valence-electron chi connectivity index (χ4n) is 1.44. The van der Waals surface area contributed by atoms with Crippen LogP contribution in [0.3, 0.4) is 0 Å². The molecule has 4 heteroatoms. The van der Waals surface area contributed by atoms with Crippen LogP contribution in [0.15, 0.2) is 30.3 Å². The molecule has 0 fully saturated rings. The maximum atomic E-state index is 11.4. The average molecular weight is 237 g/mol. The molecule has 0 saturated carbocycles. The second-order valence-electron chi connectivity index (χ2n) is 3.65. The summed E-state index contributed by atoms with van der Waals surface area (Å²) >= 11 is 0. The van der Waals surface area contributed by atoms with Gasteiger partial charge in [0.1, 0.15) is 0 Å². The standard InChI is InChI=1S/C12H15NO2S/c13-9-5-11-16(14,15)10-4-8-12-6-2-1-3-7-12/h1-3,6-7H,4-5,8,10-11H2. The van der Waals surface area contributed by atoms with E-state index in [0.29, 0.717) is 6.42 Å². The molecular weight excluding hydrogens is 222 g/mol. The second-order valence-corrected chi connectivity index (χ2v) is 5.95. The van der Waals surface area contributed by atoms with Crippen LogP contribution in [0, 0.1) is 11.3 Å². The Hall–Kier alpha value is -1.34. The van der Waals surface area contributed by atoms with Crippen molar-refractivity contribution in [3.05, 3.63) is 35.9 Å². The van der Waals surface area contributed by atoms with Crippen molar-refractivity contribution < 1.29 is 8.42 Å². The van der Waals surface area contributed by atoms with Crippen molar-refractivity contribution in [2.24, 2.45) is 0 Å². The molecule has 0 saturated heterocycles. The van der Waals surface area contributed by atoms with Crippen molar-refractivity contribution in [2.45, 2.75) is 19.3 Å². The average Bonchev–Trinajstić information content (AvgIpc) is 2.28. The molecule has 0 spiro atoms. The van der Waals surface area contributed by atoms with Crippen molar-refractivity contribution in [1.29, 1.82) is 5.26 Å². The molecule has 0 atom stereocenters. The third-order valence-corrected chi connectivity index (χ3v) is 4.03. The molecule has 1 aromatic rings. The molecular formula is C12H15NO2S. The van der Waals surface area contributed by atoms with Gasteiger partial charge in [-0.1, -0.05) is 30.3 Å². The van der Waals surface area contributed by atoms with E-state index >= 15 is 0 Å². The zero-order chi connectivity index (χ0) is 11.9. The second kappa shape index (κ2) is 6.29. The summed E-state index contributed by atoms with van der Waals surface area (Å²) in [5, 5.41) is 8.32. The lowest BCUT2D eigenvalue weighted by Crippen LogP contribution is -2.11. The first-order chi connectivity index (χ1) is 7.64. The van der Waals surface area contributed by atoms with Gasteiger partial charge in [-0.05, 0) is 18.4 Å². The van der Waals surface area contributed by atoms with E-state index in [-0.39, 0.29) is 17.9 Å². The third kappa shape index (κ3) is 4.94. The van der Waals surface area contributed by atoms with Gasteiger partial charge >= 0.3 is 0 Å². The Morgan fingerprint density at radius 3 is 2.44 bits per heavy atom. The number of hydrogen-bond acceptors (Lipinski definition) is 3. The van der Waals surface area contributed by atoms with Gasteiger partial charge in [0.25, 0.3) is 0 Å². The van der Waals surface area contributed by atoms with E-state index < -0.39 is 9.84 Å². The first-order valence-electron chi connectivity index (χ1n) is 5.25. The van der Waals surface area contributed by atoms with Crippen molar-refractivity contribution in [2.75, 3.05) is 11.5 Å². The van der Waals surface area contributed by atoms with Crippen LogP contribution < -0.4 is 0 Å². The van der Waals surface area contributed by atoms with E-state index in [9.17, 15) is 8.42 Å². The van der Waals surface area contributed by atoms with E-state index in [4.69, 9.17) is 5.26 Å². The minimum Gasteiger partial charge on any atom is -0.229 e. The molecule has 86 valence electrons. The van der Waals surface area contributed by atoms with Crippen LogP contribution in [-0.4, -0.2) is 19.9 Å². The summed E-state index contributed by atoms with van der Waals surface area (Å²) in [6.45, 7) is 0. The van der Waals surface area contributed by atoms with Gasteiger partial charge in [0, 0.05) is 6.42 Å². The fourth-order valence-corrected chi connectivity index (χ4v) is 2.63. The van der Waals surface area contributed by atoms with Gasteiger partial charge in [-0.2, -0.15) is 5.26 Å². The van der Waals surface area contributed by atoms with Gasteiger partial charge in [-0.25, -0.2) is 8.42 Å². The number of aryl methyl sites for hydroxylation is 1. The third-order valence-electron chi connectivity index (χ3n) is 2.29. The van der Waals surface area contributed by atoms with Crippen LogP contribution in [0.5, 0.6) is 0 Å². The summed E-state index contributed by atoms with van der Waals surface area (Å²) in [6.07, 6.45) is 1.48. The Morgan fingerprint density at radius 1 is 1.12 bits per heavy atom. The van der Waals surface area contributed by atoms with Crippen LogP contribution in [0.4, 0.5) is 0 Å². The van der Waals surface area contributed by atoms with E-state index in [2.05, 4.69) is 0 Å². The van der Waals surface area contributed by atoms with Gasteiger partial charge < -0.3 is 0 Å². The Kier molecular flexibility index (Phi) is 5.00. The van der Waals surface area contributed by atoms with Crippen LogP contribution >= 0.6 is 0 Å². The van der Waals surface area contributed by atoms with Gasteiger partial charge in [0.15, 0.2) is 9.84 Å². The summed E-state index contributed by atoms with van der Waals surface area (Å²) in [5.74, 6) is 0.155. The predicted octanol–water partition coefficient (Wildman–Crippen LogP) is 1.95. The van der Waals surface area contributed by atoms with E-state index in [1.54, 1.807) is 0 Å². The van der Waals surface area contributed by atoms with Gasteiger partial charge in [-0.3, -0.25) is 0 Å². The van der Waals surface area contributed by atoms with Crippen LogP contribution in [0.2, 0.25) is 0 Å². The number of benzene rings is 1. The molecule has 0 aliphatic carbocycles. The Morgan fingerprint density at radius 2 is 1.81 bits per heavy atom. The topological polar surface area (TPSA) is 57.9 Å². The van der Waals surface area contributed by atoms with Crippen molar-refractivity contribution in [3.63, 3.8) is 0 Å². The minimum atomic E-state index is -3.04. The van der Waals surface area contributed by atoms with Crippen molar-refractivity contribution >= 4 is 9.84 Å². The van der Waals surface area contributed by atoms with Crippen molar-refractivity contribution in [1.82, 2.24) is 0 Å². The SMILES string of the molecule is N#CCCS(=O)(=O)CCCc1ccccc1. The number of sulfone groups is 1. The molecule has 0 aromatic heterocycles. The van der Waals surface area contributed by atoms with Gasteiger partial charge in [0.05, 0.1) is 17.6 Å². The maximum Gasteiger partial charge on any atom is 0.151 e. The Labute approximate surface area is 96.6 Å². The molecule has 0 aliphatic heterocycles. The molecule has 0 N–H and O–H groups in total. The molecule has 3 nitrogen and oxygen atoms in total. The molecule has 0 unspecified atom stereocenters. The molecule has 0 radical (unpaired) electrons. The number of nitrogens with zero attached hydrogens (tertiary/aromatic N) is 1. The summed E-state index contributed by atoms with van der Waals surface area (Å²) in [6, 6.07) is 11.7. The predicted molar refractivity (Wildman–Crippen MR) is 63.6 cm³/mol. The van der Waals surface area contributed by atoms with Gasteiger partial charge in [0.2, 0.25) is 0 Å². The zero-order valence-electron chi connectivity index (χ0n) is 9.09. The number of rotatable bonds is 6. The quantitative estimate of drug-likeness (QED) is 0.759. The lowest BCUT2D eigenvalue weighted by Gasteiger charge is -2.02. The largest absolute Gasteiger partial charge is 0.229 e. The highest BCUT2D eigenvalue weighted by molar-refractivity contribution is 7.91. The summed E-state index contributed by atoms with van der Waals surface area (Å²) in [4.78, 5) is 0. The highest BCUT2D eigenvalue weighted by atomic mass is 32.2. The normalized spacial score (nSPS) is 10.9. The molecule has 1 aromatic carbocycles. The molecule has 1 rings (SSSR count). The fraction of sp³-hybridized carbons (Fsp3) is 0.417. The molecule has 0 heterocycles. The smallest absolute Gasteiger partial charge is 0.151 e. The first-order valence-corrected chi connectivity index (χ1v) is 7.07. The number of nitriles is 1. The van der Waals surface area contributed by atoms with E-state index in [0.717, 1.165) is 12.0 Å². The van der Waals surface area contributed by atoms with E-state index in [1.165, 1.54) is 0 Å². The Balaban J connectivity index is 2.34. The lowest BCUT2D eigenvalue weighted by molar-refractivity contribution is 0.593. The van der Waals surface area contributed by atoms with Crippen LogP contribution in [0.25, 0.3) is 0 Å². The Bertz CT molecular complexity index is 446. The molecule has 0 bridgehead atoms. The summed E-state index contributed by atoms with van der Waals surface area (Å²) < 4.78 is 22.9. The maximum absolute atomic E-state index is 11.4. The summed E-state index contributed by atoms with van der Waals surface area (Å²) in [5.41, 5.74) is 1.15. The van der Waals surface area contributed by atoms with E-state index in [1.807, 2.05) is 36.4 Å². The zero-order valence-corrected chi connectivity index (χ0v) is 9.91. The van der Waals surface area contributed by atoms with Crippen LogP contribution in [0.1, 0.15) is 18.4 Å².